The highest BCUT2D eigenvalue weighted by Crippen LogP contribution is 2.25. The minimum absolute atomic E-state index is 0.0615. The Kier molecular flexibility index (Phi) is 4.07. The number of hydrogen-bond acceptors (Lipinski definition) is 5. The Morgan fingerprint density at radius 1 is 1.24 bits per heavy atom. The van der Waals surface area contributed by atoms with Crippen LogP contribution in [0.1, 0.15) is 10.4 Å². The first-order valence-electron chi connectivity index (χ1n) is 8.12. The molecule has 0 unspecified atom stereocenters. The van der Waals surface area contributed by atoms with Crippen molar-refractivity contribution in [1.29, 1.82) is 0 Å². The molecule has 7 heteroatoms. The number of methoxy groups -OCH3 is 1. The lowest BCUT2D eigenvalue weighted by Crippen LogP contribution is -2.40. The molecule has 0 spiro atoms. The van der Waals surface area contributed by atoms with E-state index in [1.165, 1.54) is 0 Å². The van der Waals surface area contributed by atoms with Crippen LogP contribution in [0, 0.1) is 0 Å². The van der Waals surface area contributed by atoms with Crippen molar-refractivity contribution in [3.05, 3.63) is 48.3 Å². The van der Waals surface area contributed by atoms with Crippen molar-refractivity contribution in [1.82, 2.24) is 19.5 Å². The van der Waals surface area contributed by atoms with E-state index in [4.69, 9.17) is 9.47 Å². The standard InChI is InChI=1S/C18H18N4O3/c1-24-14-4-2-3-13(11-14)16-5-6-19-17-15(12-20-22(16)17)18(23)21-7-9-25-10-8-21/h2-6,11-12H,7-10H2,1H3. The lowest BCUT2D eigenvalue weighted by atomic mass is 10.1. The summed E-state index contributed by atoms with van der Waals surface area (Å²) in [6.07, 6.45) is 3.28. The number of aromatic nitrogens is 3. The number of benzene rings is 1. The van der Waals surface area contributed by atoms with Crippen LogP contribution in [0.15, 0.2) is 42.7 Å². The molecule has 0 saturated carbocycles. The second-order valence-corrected chi connectivity index (χ2v) is 5.76. The van der Waals surface area contributed by atoms with Crippen molar-refractivity contribution in [3.8, 4) is 17.0 Å². The molecule has 25 heavy (non-hydrogen) atoms. The van der Waals surface area contributed by atoms with Gasteiger partial charge in [-0.1, -0.05) is 12.1 Å². The summed E-state index contributed by atoms with van der Waals surface area (Å²) in [5.41, 5.74) is 2.86. The highest BCUT2D eigenvalue weighted by Gasteiger charge is 2.23. The average molecular weight is 338 g/mol. The van der Waals surface area contributed by atoms with Crippen LogP contribution in [0.2, 0.25) is 0 Å². The van der Waals surface area contributed by atoms with Gasteiger partial charge in [-0.2, -0.15) is 5.10 Å². The van der Waals surface area contributed by atoms with Gasteiger partial charge in [0.1, 0.15) is 11.3 Å². The molecule has 0 aliphatic carbocycles. The number of fused-ring (bicyclic) bond motifs is 1. The van der Waals surface area contributed by atoms with E-state index in [1.807, 2.05) is 30.3 Å². The maximum Gasteiger partial charge on any atom is 0.259 e. The molecule has 2 aromatic heterocycles. The van der Waals surface area contributed by atoms with Crippen LogP contribution < -0.4 is 4.74 Å². The van der Waals surface area contributed by atoms with E-state index in [2.05, 4.69) is 10.1 Å². The van der Waals surface area contributed by atoms with Gasteiger partial charge in [-0.15, -0.1) is 0 Å². The number of carbonyl (C=O) groups excluding carboxylic acids is 1. The van der Waals surface area contributed by atoms with Crippen LogP contribution in [0.25, 0.3) is 16.9 Å². The summed E-state index contributed by atoms with van der Waals surface area (Å²) in [6, 6.07) is 9.59. The van der Waals surface area contributed by atoms with Gasteiger partial charge in [0.2, 0.25) is 0 Å². The van der Waals surface area contributed by atoms with Gasteiger partial charge in [0, 0.05) is 24.8 Å². The fourth-order valence-corrected chi connectivity index (χ4v) is 2.98. The fourth-order valence-electron chi connectivity index (χ4n) is 2.98. The van der Waals surface area contributed by atoms with Crippen LogP contribution in [-0.2, 0) is 4.74 Å². The third-order valence-electron chi connectivity index (χ3n) is 4.30. The summed E-state index contributed by atoms with van der Waals surface area (Å²) in [7, 11) is 1.63. The smallest absolute Gasteiger partial charge is 0.259 e. The van der Waals surface area contributed by atoms with E-state index in [1.54, 1.807) is 28.9 Å². The molecule has 1 saturated heterocycles. The third kappa shape index (κ3) is 2.83. The summed E-state index contributed by atoms with van der Waals surface area (Å²) in [4.78, 5) is 18.9. The monoisotopic (exact) mass is 338 g/mol. The molecule has 7 nitrogen and oxygen atoms in total. The number of hydrogen-bond donors (Lipinski definition) is 0. The minimum atomic E-state index is -0.0615. The minimum Gasteiger partial charge on any atom is -0.497 e. The predicted molar refractivity (Wildman–Crippen MR) is 91.7 cm³/mol. The van der Waals surface area contributed by atoms with Gasteiger partial charge >= 0.3 is 0 Å². The SMILES string of the molecule is COc1cccc(-c2ccnc3c(C(=O)N4CCOCC4)cnn23)c1. The number of carbonyl (C=O) groups is 1. The van der Waals surface area contributed by atoms with Crippen LogP contribution >= 0.6 is 0 Å². The molecule has 0 N–H and O–H groups in total. The molecule has 1 amide bonds. The highest BCUT2D eigenvalue weighted by molar-refractivity contribution is 6.00. The van der Waals surface area contributed by atoms with Crippen molar-refractivity contribution in [3.63, 3.8) is 0 Å². The molecule has 0 atom stereocenters. The fraction of sp³-hybridized carbons (Fsp3) is 0.278. The molecule has 1 aromatic carbocycles. The van der Waals surface area contributed by atoms with Gasteiger partial charge in [0.25, 0.3) is 5.91 Å². The van der Waals surface area contributed by atoms with Gasteiger partial charge < -0.3 is 14.4 Å². The Morgan fingerprint density at radius 3 is 2.88 bits per heavy atom. The van der Waals surface area contributed by atoms with Crippen LogP contribution in [0.5, 0.6) is 5.75 Å². The van der Waals surface area contributed by atoms with Gasteiger partial charge in [0.15, 0.2) is 5.65 Å². The molecule has 1 aliphatic rings. The van der Waals surface area contributed by atoms with Crippen molar-refractivity contribution in [2.45, 2.75) is 0 Å². The van der Waals surface area contributed by atoms with E-state index < -0.39 is 0 Å². The summed E-state index contributed by atoms with van der Waals surface area (Å²) in [5, 5.41) is 4.40. The van der Waals surface area contributed by atoms with E-state index >= 15 is 0 Å². The molecule has 1 fully saturated rings. The van der Waals surface area contributed by atoms with Crippen molar-refractivity contribution in [2.75, 3.05) is 33.4 Å². The molecule has 4 rings (SSSR count). The quantitative estimate of drug-likeness (QED) is 0.729. The summed E-state index contributed by atoms with van der Waals surface area (Å²) in [6.45, 7) is 2.30. The summed E-state index contributed by atoms with van der Waals surface area (Å²) < 4.78 is 12.3. The molecule has 1 aliphatic heterocycles. The largest absolute Gasteiger partial charge is 0.497 e. The zero-order valence-corrected chi connectivity index (χ0v) is 13.9. The first kappa shape index (κ1) is 15.6. The molecular formula is C18H18N4O3. The normalized spacial score (nSPS) is 14.7. The number of nitrogens with zero attached hydrogens (tertiary/aromatic N) is 4. The Morgan fingerprint density at radius 2 is 2.08 bits per heavy atom. The first-order chi connectivity index (χ1) is 12.3. The molecular weight excluding hydrogens is 320 g/mol. The van der Waals surface area contributed by atoms with Crippen LogP contribution in [0.3, 0.4) is 0 Å². The average Bonchev–Trinajstić information content (AvgIpc) is 3.12. The maximum atomic E-state index is 12.8. The maximum absolute atomic E-state index is 12.8. The first-order valence-corrected chi connectivity index (χ1v) is 8.12. The predicted octanol–water partition coefficient (Wildman–Crippen LogP) is 1.88. The van der Waals surface area contributed by atoms with Crippen LogP contribution in [0.4, 0.5) is 0 Å². The van der Waals surface area contributed by atoms with Crippen LogP contribution in [-0.4, -0.2) is 58.8 Å². The Bertz CT molecular complexity index is 916. The number of ether oxygens (including phenoxy) is 2. The summed E-state index contributed by atoms with van der Waals surface area (Å²) >= 11 is 0. The number of rotatable bonds is 3. The van der Waals surface area contributed by atoms with Gasteiger partial charge in [-0.05, 0) is 18.2 Å². The Hall–Kier alpha value is -2.93. The second-order valence-electron chi connectivity index (χ2n) is 5.76. The van der Waals surface area contributed by atoms with E-state index in [-0.39, 0.29) is 5.91 Å². The van der Waals surface area contributed by atoms with Crippen molar-refractivity contribution < 1.29 is 14.3 Å². The molecule has 0 radical (unpaired) electrons. The number of morpholine rings is 1. The molecule has 3 aromatic rings. The molecule has 0 bridgehead atoms. The van der Waals surface area contributed by atoms with Gasteiger partial charge in [-0.3, -0.25) is 4.79 Å². The topological polar surface area (TPSA) is 69.0 Å². The van der Waals surface area contributed by atoms with Crippen molar-refractivity contribution in [2.24, 2.45) is 0 Å². The van der Waals surface area contributed by atoms with E-state index in [0.717, 1.165) is 17.0 Å². The van der Waals surface area contributed by atoms with Crippen molar-refractivity contribution >= 4 is 11.6 Å². The Labute approximate surface area is 144 Å². The third-order valence-corrected chi connectivity index (χ3v) is 4.30. The second kappa shape index (κ2) is 6.52. The lowest BCUT2D eigenvalue weighted by Gasteiger charge is -2.26. The lowest BCUT2D eigenvalue weighted by molar-refractivity contribution is 0.0304. The molecule has 128 valence electrons. The molecule has 3 heterocycles. The van der Waals surface area contributed by atoms with Gasteiger partial charge in [-0.25, -0.2) is 9.50 Å². The number of amides is 1. The summed E-state index contributed by atoms with van der Waals surface area (Å²) in [5.74, 6) is 0.702. The van der Waals surface area contributed by atoms with E-state index in [9.17, 15) is 4.79 Å². The van der Waals surface area contributed by atoms with E-state index in [0.29, 0.717) is 37.5 Å². The zero-order valence-electron chi connectivity index (χ0n) is 13.9. The highest BCUT2D eigenvalue weighted by atomic mass is 16.5. The Balaban J connectivity index is 1.76. The van der Waals surface area contributed by atoms with Gasteiger partial charge in [0.05, 0.1) is 32.2 Å². The zero-order chi connectivity index (χ0) is 17.2.